The number of ether oxygens (including phenoxy) is 2. The van der Waals surface area contributed by atoms with Gasteiger partial charge in [0.05, 0.1) is 25.3 Å². The van der Waals surface area contributed by atoms with Crippen LogP contribution in [0.1, 0.15) is 15.9 Å². The van der Waals surface area contributed by atoms with Crippen molar-refractivity contribution in [3.05, 3.63) is 53.6 Å². The molecule has 0 bridgehead atoms. The Morgan fingerprint density at radius 1 is 0.964 bits per heavy atom. The van der Waals surface area contributed by atoms with Crippen LogP contribution in [-0.4, -0.2) is 51.2 Å². The highest BCUT2D eigenvalue weighted by Gasteiger charge is 2.31. The van der Waals surface area contributed by atoms with E-state index in [1.165, 1.54) is 20.3 Å². The molecule has 0 N–H and O–H groups in total. The molecule has 0 radical (unpaired) electrons. The lowest BCUT2D eigenvalue weighted by atomic mass is 10.1. The van der Waals surface area contributed by atoms with Gasteiger partial charge >= 0.3 is 6.18 Å². The number of alkyl halides is 3. The molecule has 0 unspecified atom stereocenters. The van der Waals surface area contributed by atoms with E-state index in [1.54, 1.807) is 29.2 Å². The molecule has 150 valence electrons. The number of nitrogens with zero attached hydrogens (tertiary/aromatic N) is 2. The molecule has 5 nitrogen and oxygen atoms in total. The summed E-state index contributed by atoms with van der Waals surface area (Å²) in [7, 11) is 3.01. The molecule has 1 fully saturated rings. The maximum absolute atomic E-state index is 12.9. The Morgan fingerprint density at radius 2 is 1.68 bits per heavy atom. The summed E-state index contributed by atoms with van der Waals surface area (Å²) in [4.78, 5) is 16.4. The summed E-state index contributed by atoms with van der Waals surface area (Å²) in [6.45, 7) is 1.71. The Hall–Kier alpha value is -2.90. The van der Waals surface area contributed by atoms with Gasteiger partial charge in [0.1, 0.15) is 11.5 Å². The molecule has 2 aromatic rings. The first-order valence-electron chi connectivity index (χ1n) is 8.77. The molecule has 0 aliphatic carbocycles. The molecule has 8 heteroatoms. The van der Waals surface area contributed by atoms with E-state index in [-0.39, 0.29) is 5.91 Å². The third-order valence-electron chi connectivity index (χ3n) is 4.74. The number of benzene rings is 2. The van der Waals surface area contributed by atoms with Crippen molar-refractivity contribution in [2.75, 3.05) is 45.3 Å². The van der Waals surface area contributed by atoms with Crippen LogP contribution in [0, 0.1) is 0 Å². The summed E-state index contributed by atoms with van der Waals surface area (Å²) >= 11 is 0. The highest BCUT2D eigenvalue weighted by Crippen LogP contribution is 2.32. The number of carbonyl (C=O) groups excluding carboxylic acids is 1. The second-order valence-corrected chi connectivity index (χ2v) is 6.39. The molecule has 1 aliphatic rings. The summed E-state index contributed by atoms with van der Waals surface area (Å²) < 4.78 is 49.2. The monoisotopic (exact) mass is 394 g/mol. The Kier molecular flexibility index (Phi) is 5.67. The number of halogens is 3. The lowest BCUT2D eigenvalue weighted by Crippen LogP contribution is -2.48. The molecule has 1 aliphatic heterocycles. The van der Waals surface area contributed by atoms with E-state index < -0.39 is 11.7 Å². The summed E-state index contributed by atoms with van der Waals surface area (Å²) in [6.07, 6.45) is -4.38. The van der Waals surface area contributed by atoms with Crippen LogP contribution in [0.5, 0.6) is 11.5 Å². The van der Waals surface area contributed by atoms with Gasteiger partial charge in [0.2, 0.25) is 0 Å². The minimum absolute atomic E-state index is 0.178. The lowest BCUT2D eigenvalue weighted by molar-refractivity contribution is -0.137. The smallest absolute Gasteiger partial charge is 0.416 e. The molecule has 28 heavy (non-hydrogen) atoms. The average molecular weight is 394 g/mol. The SMILES string of the molecule is COc1ccc(C(=O)N2CCN(c3cccc(C(F)(F)F)c3)CC2)c(OC)c1. The fraction of sp³-hybridized carbons (Fsp3) is 0.350. The zero-order valence-corrected chi connectivity index (χ0v) is 15.6. The van der Waals surface area contributed by atoms with Crippen molar-refractivity contribution in [3.63, 3.8) is 0 Å². The van der Waals surface area contributed by atoms with Crippen molar-refractivity contribution < 1.29 is 27.4 Å². The summed E-state index contributed by atoms with van der Waals surface area (Å²) in [5.41, 5.74) is 0.256. The van der Waals surface area contributed by atoms with E-state index in [2.05, 4.69) is 0 Å². The standard InChI is InChI=1S/C20H21F3N2O3/c1-27-16-6-7-17(18(13-16)28-2)19(26)25-10-8-24(9-11-25)15-5-3-4-14(12-15)20(21,22)23/h3-7,12-13H,8-11H2,1-2H3. The van der Waals surface area contributed by atoms with Crippen LogP contribution in [0.3, 0.4) is 0 Å². The fourth-order valence-corrected chi connectivity index (χ4v) is 3.19. The number of hydrogen-bond acceptors (Lipinski definition) is 4. The number of carbonyl (C=O) groups is 1. The normalized spacial score (nSPS) is 14.8. The van der Waals surface area contributed by atoms with Gasteiger partial charge in [0.15, 0.2) is 0 Å². The number of hydrogen-bond donors (Lipinski definition) is 0. The predicted octanol–water partition coefficient (Wildman–Crippen LogP) is 3.69. The maximum atomic E-state index is 12.9. The quantitative estimate of drug-likeness (QED) is 0.793. The Morgan fingerprint density at radius 3 is 2.29 bits per heavy atom. The molecule has 0 aromatic heterocycles. The van der Waals surface area contributed by atoms with E-state index in [4.69, 9.17) is 9.47 Å². The van der Waals surface area contributed by atoms with Crippen molar-refractivity contribution in [2.24, 2.45) is 0 Å². The van der Waals surface area contributed by atoms with Gasteiger partial charge in [-0.2, -0.15) is 13.2 Å². The minimum atomic E-state index is -4.38. The van der Waals surface area contributed by atoms with Gasteiger partial charge < -0.3 is 19.3 Å². The highest BCUT2D eigenvalue weighted by molar-refractivity contribution is 5.97. The van der Waals surface area contributed by atoms with Gasteiger partial charge in [-0.05, 0) is 30.3 Å². The van der Waals surface area contributed by atoms with Crippen LogP contribution >= 0.6 is 0 Å². The van der Waals surface area contributed by atoms with Crippen molar-refractivity contribution >= 4 is 11.6 Å². The summed E-state index contributed by atoms with van der Waals surface area (Å²) in [5, 5.41) is 0. The molecular weight excluding hydrogens is 373 g/mol. The van der Waals surface area contributed by atoms with Gasteiger partial charge in [0, 0.05) is 37.9 Å². The third-order valence-corrected chi connectivity index (χ3v) is 4.74. The van der Waals surface area contributed by atoms with Gasteiger partial charge in [-0.3, -0.25) is 4.79 Å². The largest absolute Gasteiger partial charge is 0.497 e. The molecule has 1 saturated heterocycles. The maximum Gasteiger partial charge on any atom is 0.416 e. The van der Waals surface area contributed by atoms with Crippen LogP contribution in [0.4, 0.5) is 18.9 Å². The van der Waals surface area contributed by atoms with E-state index in [0.717, 1.165) is 12.1 Å². The van der Waals surface area contributed by atoms with Crippen LogP contribution < -0.4 is 14.4 Å². The first-order valence-corrected chi connectivity index (χ1v) is 8.77. The van der Waals surface area contributed by atoms with Crippen molar-refractivity contribution in [1.82, 2.24) is 4.90 Å². The number of anilines is 1. The van der Waals surface area contributed by atoms with Crippen LogP contribution in [0.15, 0.2) is 42.5 Å². The number of amides is 1. The zero-order valence-electron chi connectivity index (χ0n) is 15.6. The Bertz CT molecular complexity index is 847. The molecule has 2 aromatic carbocycles. The zero-order chi connectivity index (χ0) is 20.3. The molecular formula is C20H21F3N2O3. The second kappa shape index (κ2) is 8.00. The summed E-state index contributed by atoms with van der Waals surface area (Å²) in [5.74, 6) is 0.829. The summed E-state index contributed by atoms with van der Waals surface area (Å²) in [6, 6.07) is 10.2. The number of rotatable bonds is 4. The molecule has 1 amide bonds. The van der Waals surface area contributed by atoms with Crippen molar-refractivity contribution in [3.8, 4) is 11.5 Å². The van der Waals surface area contributed by atoms with Gasteiger partial charge in [-0.1, -0.05) is 6.07 Å². The molecule has 0 atom stereocenters. The first kappa shape index (κ1) is 19.9. The molecule has 3 rings (SSSR count). The van der Waals surface area contributed by atoms with E-state index >= 15 is 0 Å². The molecule has 0 spiro atoms. The Balaban J connectivity index is 1.70. The van der Waals surface area contributed by atoms with E-state index in [0.29, 0.717) is 48.9 Å². The lowest BCUT2D eigenvalue weighted by Gasteiger charge is -2.36. The van der Waals surface area contributed by atoms with E-state index in [9.17, 15) is 18.0 Å². The van der Waals surface area contributed by atoms with Gasteiger partial charge in [0.25, 0.3) is 5.91 Å². The topological polar surface area (TPSA) is 42.0 Å². The second-order valence-electron chi connectivity index (χ2n) is 6.39. The van der Waals surface area contributed by atoms with Gasteiger partial charge in [-0.25, -0.2) is 0 Å². The van der Waals surface area contributed by atoms with Crippen LogP contribution in [0.25, 0.3) is 0 Å². The third kappa shape index (κ3) is 4.16. The highest BCUT2D eigenvalue weighted by atomic mass is 19.4. The first-order chi connectivity index (χ1) is 13.3. The minimum Gasteiger partial charge on any atom is -0.497 e. The van der Waals surface area contributed by atoms with Gasteiger partial charge in [-0.15, -0.1) is 0 Å². The molecule has 1 heterocycles. The van der Waals surface area contributed by atoms with E-state index in [1.807, 2.05) is 4.90 Å². The average Bonchev–Trinajstić information content (AvgIpc) is 2.72. The van der Waals surface area contributed by atoms with Crippen LogP contribution in [0.2, 0.25) is 0 Å². The molecule has 0 saturated carbocycles. The van der Waals surface area contributed by atoms with Crippen molar-refractivity contribution in [1.29, 1.82) is 0 Å². The number of methoxy groups -OCH3 is 2. The van der Waals surface area contributed by atoms with Crippen LogP contribution in [-0.2, 0) is 6.18 Å². The number of piperazine rings is 1. The Labute approximate surface area is 161 Å². The predicted molar refractivity (Wildman–Crippen MR) is 99.1 cm³/mol. The fourth-order valence-electron chi connectivity index (χ4n) is 3.19. The van der Waals surface area contributed by atoms with Crippen molar-refractivity contribution in [2.45, 2.75) is 6.18 Å².